The molecule has 2 amide bonds. The van der Waals surface area contributed by atoms with Crippen molar-refractivity contribution in [1.82, 2.24) is 10.2 Å². The second kappa shape index (κ2) is 5.24. The molecule has 1 atom stereocenters. The van der Waals surface area contributed by atoms with Crippen LogP contribution in [0.1, 0.15) is 40.0 Å². The second-order valence-electron chi connectivity index (χ2n) is 6.80. The molecule has 0 aromatic heterocycles. The maximum atomic E-state index is 12.1. The van der Waals surface area contributed by atoms with E-state index < -0.39 is 11.0 Å². The van der Waals surface area contributed by atoms with E-state index in [1.54, 1.807) is 4.90 Å². The van der Waals surface area contributed by atoms with E-state index in [-0.39, 0.29) is 24.6 Å². The van der Waals surface area contributed by atoms with Gasteiger partial charge in [-0.05, 0) is 40.0 Å². The van der Waals surface area contributed by atoms with Gasteiger partial charge in [0.25, 0.3) is 0 Å². The van der Waals surface area contributed by atoms with Crippen molar-refractivity contribution in [2.24, 2.45) is 5.41 Å². The Balaban J connectivity index is 1.93. The molecule has 2 rings (SSSR count). The van der Waals surface area contributed by atoms with Crippen LogP contribution in [0.25, 0.3) is 0 Å². The summed E-state index contributed by atoms with van der Waals surface area (Å²) in [4.78, 5) is 25.7. The number of carbonyl (C=O) groups excluding carboxylic acids is 2. The lowest BCUT2D eigenvalue weighted by Crippen LogP contribution is -2.47. The Kier molecular flexibility index (Phi) is 3.95. The minimum Gasteiger partial charge on any atom is -0.444 e. The van der Waals surface area contributed by atoms with Crippen molar-refractivity contribution in [1.29, 1.82) is 0 Å². The van der Waals surface area contributed by atoms with E-state index in [0.29, 0.717) is 32.4 Å². The first kappa shape index (κ1) is 15.1. The van der Waals surface area contributed by atoms with Crippen LogP contribution in [0.3, 0.4) is 0 Å². The molecule has 0 bridgehead atoms. The summed E-state index contributed by atoms with van der Waals surface area (Å²) < 4.78 is 5.34. The third-order valence-corrected chi connectivity index (χ3v) is 4.05. The number of hydrogen-bond donors (Lipinski definition) is 2. The van der Waals surface area contributed by atoms with E-state index >= 15 is 0 Å². The lowest BCUT2D eigenvalue weighted by atomic mass is 9.76. The molecular formula is C14H24N2O4. The van der Waals surface area contributed by atoms with Crippen molar-refractivity contribution in [2.75, 3.05) is 19.7 Å². The third-order valence-electron chi connectivity index (χ3n) is 4.05. The van der Waals surface area contributed by atoms with Crippen LogP contribution in [0, 0.1) is 5.41 Å². The standard InChI is InChI=1S/C14H24N2O4/c1-13(2,3)20-12(19)16-6-4-14(5-7-16)8-10(9-17)15-11(14)18/h10,17H,4-9H2,1-3H3,(H,15,18). The molecule has 2 heterocycles. The van der Waals surface area contributed by atoms with Crippen LogP contribution in [0.15, 0.2) is 0 Å². The minimum atomic E-state index is -0.501. The van der Waals surface area contributed by atoms with Crippen molar-refractivity contribution in [2.45, 2.75) is 51.7 Å². The first-order valence-corrected chi connectivity index (χ1v) is 7.15. The molecule has 6 nitrogen and oxygen atoms in total. The summed E-state index contributed by atoms with van der Waals surface area (Å²) in [5.41, 5.74) is -0.912. The number of aliphatic hydroxyl groups excluding tert-OH is 1. The van der Waals surface area contributed by atoms with Crippen molar-refractivity contribution in [3.8, 4) is 0 Å². The lowest BCUT2D eigenvalue weighted by molar-refractivity contribution is -0.130. The van der Waals surface area contributed by atoms with Gasteiger partial charge < -0.3 is 20.1 Å². The summed E-state index contributed by atoms with van der Waals surface area (Å²) in [6.45, 7) is 6.55. The molecule has 2 aliphatic heterocycles. The molecule has 1 spiro atoms. The molecule has 1 unspecified atom stereocenters. The average molecular weight is 284 g/mol. The van der Waals surface area contributed by atoms with E-state index in [4.69, 9.17) is 9.84 Å². The molecular weight excluding hydrogens is 260 g/mol. The van der Waals surface area contributed by atoms with Crippen molar-refractivity contribution >= 4 is 12.0 Å². The molecule has 0 aromatic carbocycles. The maximum absolute atomic E-state index is 12.1. The number of hydrogen-bond acceptors (Lipinski definition) is 4. The fourth-order valence-electron chi connectivity index (χ4n) is 2.94. The number of ether oxygens (including phenoxy) is 1. The Morgan fingerprint density at radius 3 is 2.50 bits per heavy atom. The van der Waals surface area contributed by atoms with E-state index in [2.05, 4.69) is 5.32 Å². The normalized spacial score (nSPS) is 25.7. The summed E-state index contributed by atoms with van der Waals surface area (Å²) in [6, 6.07) is -0.143. The van der Waals surface area contributed by atoms with E-state index in [0.717, 1.165) is 0 Å². The summed E-state index contributed by atoms with van der Waals surface area (Å²) in [5, 5.41) is 12.0. The molecule has 2 aliphatic rings. The van der Waals surface area contributed by atoms with Gasteiger partial charge in [-0.2, -0.15) is 0 Å². The van der Waals surface area contributed by atoms with Gasteiger partial charge in [-0.15, -0.1) is 0 Å². The quantitative estimate of drug-likeness (QED) is 0.749. The highest BCUT2D eigenvalue weighted by molar-refractivity contribution is 5.85. The van der Waals surface area contributed by atoms with Crippen LogP contribution >= 0.6 is 0 Å². The van der Waals surface area contributed by atoms with Gasteiger partial charge in [0.1, 0.15) is 5.60 Å². The summed E-state index contributed by atoms with van der Waals surface area (Å²) in [6.07, 6.45) is 1.61. The zero-order valence-electron chi connectivity index (χ0n) is 12.4. The van der Waals surface area contributed by atoms with Crippen LogP contribution in [-0.2, 0) is 9.53 Å². The Bertz CT molecular complexity index is 394. The number of rotatable bonds is 1. The summed E-state index contributed by atoms with van der Waals surface area (Å²) in [7, 11) is 0. The smallest absolute Gasteiger partial charge is 0.410 e. The second-order valence-corrected chi connectivity index (χ2v) is 6.80. The molecule has 0 aromatic rings. The van der Waals surface area contributed by atoms with Gasteiger partial charge in [0.15, 0.2) is 0 Å². The first-order valence-electron chi connectivity index (χ1n) is 7.15. The fourth-order valence-corrected chi connectivity index (χ4v) is 2.94. The van der Waals surface area contributed by atoms with Crippen LogP contribution in [0.5, 0.6) is 0 Å². The van der Waals surface area contributed by atoms with Crippen LogP contribution in [-0.4, -0.2) is 53.3 Å². The van der Waals surface area contributed by atoms with E-state index in [1.807, 2.05) is 20.8 Å². The number of aliphatic hydroxyl groups is 1. The third kappa shape index (κ3) is 3.06. The highest BCUT2D eigenvalue weighted by Crippen LogP contribution is 2.40. The Labute approximate surface area is 119 Å². The van der Waals surface area contributed by atoms with E-state index in [1.165, 1.54) is 0 Å². The van der Waals surface area contributed by atoms with Gasteiger partial charge in [0, 0.05) is 13.1 Å². The minimum absolute atomic E-state index is 0.0142. The highest BCUT2D eigenvalue weighted by Gasteiger charge is 2.48. The molecule has 114 valence electrons. The number of nitrogens with one attached hydrogen (secondary N) is 1. The average Bonchev–Trinajstić information content (AvgIpc) is 2.65. The number of likely N-dealkylation sites (tertiary alicyclic amines) is 1. The molecule has 6 heteroatoms. The number of amides is 2. The molecule has 0 aliphatic carbocycles. The molecule has 0 saturated carbocycles. The van der Waals surface area contributed by atoms with Gasteiger partial charge in [-0.1, -0.05) is 0 Å². The number of carbonyl (C=O) groups is 2. The molecule has 2 N–H and O–H groups in total. The highest BCUT2D eigenvalue weighted by atomic mass is 16.6. The molecule has 20 heavy (non-hydrogen) atoms. The Hall–Kier alpha value is -1.30. The van der Waals surface area contributed by atoms with Crippen molar-refractivity contribution in [3.63, 3.8) is 0 Å². The monoisotopic (exact) mass is 284 g/mol. The summed E-state index contributed by atoms with van der Waals surface area (Å²) in [5.74, 6) is 0.0142. The largest absolute Gasteiger partial charge is 0.444 e. The van der Waals surface area contributed by atoms with Crippen LogP contribution < -0.4 is 5.32 Å². The van der Waals surface area contributed by atoms with Crippen LogP contribution in [0.2, 0.25) is 0 Å². The van der Waals surface area contributed by atoms with Gasteiger partial charge >= 0.3 is 6.09 Å². The van der Waals surface area contributed by atoms with Gasteiger partial charge in [-0.25, -0.2) is 4.79 Å². The van der Waals surface area contributed by atoms with Gasteiger partial charge in [-0.3, -0.25) is 4.79 Å². The van der Waals surface area contributed by atoms with Gasteiger partial charge in [0.2, 0.25) is 5.91 Å². The Morgan fingerprint density at radius 2 is 2.05 bits per heavy atom. The Morgan fingerprint density at radius 1 is 1.45 bits per heavy atom. The molecule has 2 saturated heterocycles. The predicted molar refractivity (Wildman–Crippen MR) is 73.1 cm³/mol. The van der Waals surface area contributed by atoms with Gasteiger partial charge in [0.05, 0.1) is 18.1 Å². The first-order chi connectivity index (χ1) is 9.26. The number of nitrogens with zero attached hydrogens (tertiary/aromatic N) is 1. The van der Waals surface area contributed by atoms with Crippen molar-refractivity contribution < 1.29 is 19.4 Å². The van der Waals surface area contributed by atoms with Crippen LogP contribution in [0.4, 0.5) is 4.79 Å². The fraction of sp³-hybridized carbons (Fsp3) is 0.857. The topological polar surface area (TPSA) is 78.9 Å². The molecule has 0 radical (unpaired) electrons. The number of piperidine rings is 1. The summed E-state index contributed by atoms with van der Waals surface area (Å²) >= 11 is 0. The lowest BCUT2D eigenvalue weighted by Gasteiger charge is -2.37. The van der Waals surface area contributed by atoms with E-state index in [9.17, 15) is 9.59 Å². The zero-order valence-corrected chi connectivity index (χ0v) is 12.4. The SMILES string of the molecule is CC(C)(C)OC(=O)N1CCC2(CC1)CC(CO)NC2=O. The maximum Gasteiger partial charge on any atom is 0.410 e. The molecule has 2 fully saturated rings. The predicted octanol–water partition coefficient (Wildman–Crippen LogP) is 0.884. The zero-order chi connectivity index (χ0) is 15.0. The van der Waals surface area contributed by atoms with Crippen molar-refractivity contribution in [3.05, 3.63) is 0 Å².